The predicted molar refractivity (Wildman–Crippen MR) is 190 cm³/mol. The first kappa shape index (κ1) is 41.0. The summed E-state index contributed by atoms with van der Waals surface area (Å²) < 4.78 is 124. The number of sulfone groups is 1. The quantitative estimate of drug-likeness (QED) is 0.0182. The van der Waals surface area contributed by atoms with Crippen molar-refractivity contribution >= 4 is 87.8 Å². The molecule has 292 valence electrons. The van der Waals surface area contributed by atoms with Crippen molar-refractivity contribution in [3.63, 3.8) is 0 Å². The first-order chi connectivity index (χ1) is 25.9. The number of phenolic OH excluding ortho intramolecular Hbond substituents is 1. The molecule has 0 fully saturated rings. The maximum absolute atomic E-state index is 14.6. The van der Waals surface area contributed by atoms with Crippen molar-refractivity contribution in [2.75, 3.05) is 30.1 Å². The first-order valence-electron chi connectivity index (χ1n) is 14.8. The van der Waals surface area contributed by atoms with Crippen LogP contribution in [0.1, 0.15) is 5.56 Å². The Kier molecular flexibility index (Phi) is 12.4. The Balaban J connectivity index is 1.63. The predicted octanol–water partition coefficient (Wildman–Crippen LogP) is 5.36. The van der Waals surface area contributed by atoms with Gasteiger partial charge in [-0.15, -0.1) is 14.6 Å². The number of fused-ring (bicyclic) bond motifs is 1. The van der Waals surface area contributed by atoms with Crippen molar-refractivity contribution in [1.29, 1.82) is 0 Å². The number of anilines is 4. The summed E-state index contributed by atoms with van der Waals surface area (Å²) in [6.45, 7) is 1.01. The Labute approximate surface area is 314 Å². The number of phenols is 1. The van der Waals surface area contributed by atoms with Gasteiger partial charge < -0.3 is 20.5 Å². The average Bonchev–Trinajstić information content (AvgIpc) is 3.10. The van der Waals surface area contributed by atoms with E-state index in [4.69, 9.17) is 14.2 Å². The van der Waals surface area contributed by atoms with Gasteiger partial charge in [0.1, 0.15) is 22.0 Å². The lowest BCUT2D eigenvalue weighted by molar-refractivity contribution is -0.434. The van der Waals surface area contributed by atoms with Crippen LogP contribution in [0.2, 0.25) is 0 Å². The number of para-hydroxylation sites is 1. The highest BCUT2D eigenvalue weighted by molar-refractivity contribution is 7.91. The summed E-state index contributed by atoms with van der Waals surface area (Å²) in [5.41, 5.74) is -0.940. The van der Waals surface area contributed by atoms with Crippen LogP contribution in [0.3, 0.4) is 0 Å². The van der Waals surface area contributed by atoms with E-state index in [1.54, 1.807) is 30.3 Å². The molecule has 0 unspecified atom stereocenters. The highest BCUT2D eigenvalue weighted by Gasteiger charge is 2.27. The van der Waals surface area contributed by atoms with Crippen molar-refractivity contribution < 1.29 is 67.4 Å². The zero-order chi connectivity index (χ0) is 40.1. The topological polar surface area (TPSA) is 308 Å². The molecular formula is C29H26FN7O14S4. The molecule has 0 saturated heterocycles. The number of azo groups is 1. The molecule has 4 aromatic carbocycles. The Morgan fingerprint density at radius 2 is 1.56 bits per heavy atom. The minimum atomic E-state index is -5.27. The third-order valence-electron chi connectivity index (χ3n) is 7.19. The summed E-state index contributed by atoms with van der Waals surface area (Å²) in [5.74, 6) is -2.62. The Morgan fingerprint density at radius 3 is 2.20 bits per heavy atom. The number of methoxy groups -OCH3 is 1. The van der Waals surface area contributed by atoms with Crippen LogP contribution < -0.4 is 15.4 Å². The molecule has 55 heavy (non-hydrogen) atoms. The highest BCUT2D eigenvalue weighted by Crippen LogP contribution is 2.46. The van der Waals surface area contributed by atoms with Gasteiger partial charge in [-0.25, -0.2) is 13.7 Å². The number of benzene rings is 4. The lowest BCUT2D eigenvalue weighted by atomic mass is 10.1. The molecule has 0 saturated carbocycles. The third-order valence-corrected chi connectivity index (χ3v) is 11.1. The highest BCUT2D eigenvalue weighted by atomic mass is 32.2. The van der Waals surface area contributed by atoms with Gasteiger partial charge in [-0.3, -0.25) is 13.3 Å². The van der Waals surface area contributed by atoms with Crippen LogP contribution in [0.4, 0.5) is 39.0 Å². The minimum Gasteiger partial charge on any atom is -0.505 e. The summed E-state index contributed by atoms with van der Waals surface area (Å²) in [5, 5.41) is 35.2. The fourth-order valence-electron chi connectivity index (χ4n) is 4.89. The monoisotopic (exact) mass is 843 g/mol. The normalized spacial score (nSPS) is 12.3. The molecule has 0 atom stereocenters. The van der Waals surface area contributed by atoms with Gasteiger partial charge in [-0.05, 0) is 54.3 Å². The summed E-state index contributed by atoms with van der Waals surface area (Å²) in [7, 11) is -13.2. The standard InChI is InChI=1S/C29H26FN7O14S4/c1-15-10-19(21(48-2)14-22(15)53(40,41)9-8-49-52-51-50-39)36-37-25-23(55(45,46)47)12-16-11-18(54(42,43)44)13-20(24(16)26(25)38)32-29-34-27(30)33-28(35-29)31-17-6-4-3-5-7-17/h3-7,10-14,38-39H,8-9H2,1-2H3,(H,42,43,44)(H,45,46,47)(H2,31,32,33,34,35). The smallest absolute Gasteiger partial charge is 0.315 e. The van der Waals surface area contributed by atoms with Crippen molar-refractivity contribution in [2.24, 2.45) is 10.2 Å². The summed E-state index contributed by atoms with van der Waals surface area (Å²) in [6.07, 6.45) is -1.29. The number of ether oxygens (including phenoxy) is 1. The van der Waals surface area contributed by atoms with E-state index in [-0.39, 0.29) is 40.2 Å². The molecule has 0 aliphatic rings. The molecule has 5 aromatic rings. The van der Waals surface area contributed by atoms with Gasteiger partial charge in [0.2, 0.25) is 11.9 Å². The number of rotatable bonds is 16. The number of hydrogen-bond donors (Lipinski definition) is 6. The van der Waals surface area contributed by atoms with E-state index >= 15 is 0 Å². The van der Waals surface area contributed by atoms with Gasteiger partial charge >= 0.3 is 6.08 Å². The zero-order valence-corrected chi connectivity index (χ0v) is 31.1. The van der Waals surface area contributed by atoms with Gasteiger partial charge in [0.25, 0.3) is 20.2 Å². The zero-order valence-electron chi connectivity index (χ0n) is 27.8. The van der Waals surface area contributed by atoms with E-state index in [0.717, 1.165) is 18.2 Å². The minimum absolute atomic E-state index is 0.116. The number of aromatic nitrogens is 3. The lowest BCUT2D eigenvalue weighted by Gasteiger charge is -2.15. The fraction of sp³-hybridized carbons (Fsp3) is 0.138. The van der Waals surface area contributed by atoms with Crippen LogP contribution in [0.15, 0.2) is 85.6 Å². The van der Waals surface area contributed by atoms with Gasteiger partial charge in [0.05, 0.1) is 34.9 Å². The van der Waals surface area contributed by atoms with Gasteiger partial charge in [0, 0.05) is 17.1 Å². The SMILES string of the molecule is COc1cc(S(=O)(=O)CCOSOOO)c(C)cc1N=Nc1c(S(=O)(=O)O)cc2cc(S(=O)(=O)O)cc(Nc3nc(F)nc(Nc4ccccc4)n3)c2c1O. The van der Waals surface area contributed by atoms with Crippen molar-refractivity contribution in [3.8, 4) is 11.5 Å². The molecule has 0 aliphatic carbocycles. The molecule has 1 aromatic heterocycles. The molecule has 26 heteroatoms. The van der Waals surface area contributed by atoms with Crippen LogP contribution in [-0.2, 0) is 43.6 Å². The van der Waals surface area contributed by atoms with Crippen molar-refractivity contribution in [1.82, 2.24) is 15.0 Å². The third kappa shape index (κ3) is 9.94. The molecule has 0 bridgehead atoms. The molecule has 0 spiro atoms. The van der Waals surface area contributed by atoms with E-state index in [9.17, 15) is 43.9 Å². The summed E-state index contributed by atoms with van der Waals surface area (Å²) >= 11 is 0.178. The maximum Gasteiger partial charge on any atom is 0.315 e. The second kappa shape index (κ2) is 16.7. The second-order valence-electron chi connectivity index (χ2n) is 10.8. The summed E-state index contributed by atoms with van der Waals surface area (Å²) in [4.78, 5) is 9.02. The fourth-order valence-corrected chi connectivity index (χ4v) is 7.77. The largest absolute Gasteiger partial charge is 0.505 e. The second-order valence-corrected chi connectivity index (χ2v) is 16.2. The Morgan fingerprint density at radius 1 is 0.873 bits per heavy atom. The molecule has 0 amide bonds. The molecule has 0 aliphatic heterocycles. The molecular weight excluding hydrogens is 818 g/mol. The number of aromatic hydroxyl groups is 1. The van der Waals surface area contributed by atoms with Gasteiger partial charge in [-0.2, -0.15) is 36.2 Å². The summed E-state index contributed by atoms with van der Waals surface area (Å²) in [6, 6.07) is 12.9. The van der Waals surface area contributed by atoms with Crippen molar-refractivity contribution in [2.45, 2.75) is 21.6 Å². The van der Waals surface area contributed by atoms with Crippen LogP contribution in [0, 0.1) is 13.0 Å². The molecule has 1 heterocycles. The van der Waals surface area contributed by atoms with Crippen LogP contribution in [0.25, 0.3) is 10.8 Å². The van der Waals surface area contributed by atoms with Gasteiger partial charge in [0.15, 0.2) is 27.9 Å². The Bertz CT molecular complexity index is 2620. The molecule has 21 nitrogen and oxygen atoms in total. The molecule has 0 radical (unpaired) electrons. The number of nitrogens with zero attached hydrogens (tertiary/aromatic N) is 5. The van der Waals surface area contributed by atoms with E-state index in [2.05, 4.69) is 45.2 Å². The van der Waals surface area contributed by atoms with Crippen LogP contribution >= 0.6 is 12.3 Å². The number of halogens is 1. The van der Waals surface area contributed by atoms with Gasteiger partial charge in [-0.1, -0.05) is 23.2 Å². The Hall–Kier alpha value is -5.16. The van der Waals surface area contributed by atoms with Crippen molar-refractivity contribution in [3.05, 3.63) is 72.3 Å². The lowest BCUT2D eigenvalue weighted by Crippen LogP contribution is -2.12. The number of aryl methyl sites for hydroxylation is 1. The van der Waals surface area contributed by atoms with E-state index in [0.29, 0.717) is 11.8 Å². The number of nitrogens with one attached hydrogen (secondary N) is 2. The van der Waals surface area contributed by atoms with E-state index in [1.807, 2.05) is 0 Å². The molecule has 5 rings (SSSR count). The van der Waals surface area contributed by atoms with E-state index in [1.165, 1.54) is 20.1 Å². The molecule has 6 N–H and O–H groups in total. The maximum atomic E-state index is 14.6. The first-order valence-corrected chi connectivity index (χ1v) is 20.0. The average molecular weight is 844 g/mol. The number of hydrogen-bond acceptors (Lipinski definition) is 20. The van der Waals surface area contributed by atoms with Crippen LogP contribution in [0.5, 0.6) is 11.5 Å². The van der Waals surface area contributed by atoms with Crippen LogP contribution in [-0.4, -0.2) is 79.1 Å². The van der Waals surface area contributed by atoms with E-state index < -0.39 is 92.1 Å².